The van der Waals surface area contributed by atoms with Crippen LogP contribution in [-0.2, 0) is 13.0 Å². The van der Waals surface area contributed by atoms with Crippen molar-refractivity contribution in [1.29, 1.82) is 0 Å². The smallest absolute Gasteiger partial charge is 0.193 e. The van der Waals surface area contributed by atoms with Gasteiger partial charge in [-0.1, -0.05) is 31.2 Å². The highest BCUT2D eigenvalue weighted by Crippen LogP contribution is 2.11. The van der Waals surface area contributed by atoms with Gasteiger partial charge in [-0.3, -0.25) is 0 Å². The SMILES string of the molecule is CCc1cccc(NC(N)=NCc2cccc(F)c2)c1.I. The monoisotopic (exact) mass is 399 g/mol. The Morgan fingerprint density at radius 2 is 1.86 bits per heavy atom. The van der Waals surface area contributed by atoms with Crippen LogP contribution in [0, 0.1) is 5.82 Å². The Hall–Kier alpha value is -1.63. The highest BCUT2D eigenvalue weighted by molar-refractivity contribution is 14.0. The molecule has 0 aromatic heterocycles. The van der Waals surface area contributed by atoms with Crippen LogP contribution in [0.3, 0.4) is 0 Å². The van der Waals surface area contributed by atoms with Gasteiger partial charge < -0.3 is 11.1 Å². The minimum Gasteiger partial charge on any atom is -0.370 e. The van der Waals surface area contributed by atoms with Gasteiger partial charge in [-0.25, -0.2) is 9.38 Å². The van der Waals surface area contributed by atoms with E-state index in [0.717, 1.165) is 17.7 Å². The maximum absolute atomic E-state index is 13.0. The Bertz CT molecular complexity index is 614. The second kappa shape index (κ2) is 8.61. The van der Waals surface area contributed by atoms with Gasteiger partial charge in [0.05, 0.1) is 6.54 Å². The third kappa shape index (κ3) is 5.71. The lowest BCUT2D eigenvalue weighted by molar-refractivity contribution is 0.625. The number of anilines is 1. The van der Waals surface area contributed by atoms with Crippen LogP contribution >= 0.6 is 24.0 Å². The predicted octanol–water partition coefficient (Wildman–Crippen LogP) is 3.93. The van der Waals surface area contributed by atoms with Crippen LogP contribution in [0.4, 0.5) is 10.1 Å². The van der Waals surface area contributed by atoms with Gasteiger partial charge in [0.15, 0.2) is 5.96 Å². The molecule has 2 rings (SSSR count). The fourth-order valence-corrected chi connectivity index (χ4v) is 1.87. The van der Waals surface area contributed by atoms with E-state index in [4.69, 9.17) is 5.73 Å². The quantitative estimate of drug-likeness (QED) is 0.465. The Balaban J connectivity index is 0.00000220. The summed E-state index contributed by atoms with van der Waals surface area (Å²) in [5.74, 6) is 0.0578. The molecule has 0 aliphatic heterocycles. The average Bonchev–Trinajstić information content (AvgIpc) is 2.45. The molecule has 0 saturated heterocycles. The van der Waals surface area contributed by atoms with Crippen molar-refractivity contribution in [2.24, 2.45) is 10.7 Å². The molecular formula is C16H19FIN3. The summed E-state index contributed by atoms with van der Waals surface area (Å²) in [6, 6.07) is 14.3. The predicted molar refractivity (Wildman–Crippen MR) is 96.6 cm³/mol. The molecule has 5 heteroatoms. The van der Waals surface area contributed by atoms with Crippen molar-refractivity contribution in [3.05, 3.63) is 65.5 Å². The first-order valence-electron chi connectivity index (χ1n) is 6.57. The van der Waals surface area contributed by atoms with Crippen molar-refractivity contribution in [2.45, 2.75) is 19.9 Å². The molecule has 3 nitrogen and oxygen atoms in total. The first-order valence-corrected chi connectivity index (χ1v) is 6.57. The van der Waals surface area contributed by atoms with Gasteiger partial charge in [0.1, 0.15) is 5.82 Å². The summed E-state index contributed by atoms with van der Waals surface area (Å²) in [7, 11) is 0. The second-order valence-corrected chi connectivity index (χ2v) is 4.51. The Labute approximate surface area is 141 Å². The van der Waals surface area contributed by atoms with Crippen molar-refractivity contribution in [3.63, 3.8) is 0 Å². The lowest BCUT2D eigenvalue weighted by atomic mass is 10.1. The number of guanidine groups is 1. The number of rotatable bonds is 4. The van der Waals surface area contributed by atoms with Crippen molar-refractivity contribution >= 4 is 35.6 Å². The molecule has 0 heterocycles. The van der Waals surface area contributed by atoms with Crippen LogP contribution in [0.1, 0.15) is 18.1 Å². The Kier molecular flexibility index (Phi) is 7.14. The third-order valence-electron chi connectivity index (χ3n) is 2.93. The molecule has 0 aliphatic carbocycles. The number of nitrogens with zero attached hydrogens (tertiary/aromatic N) is 1. The lowest BCUT2D eigenvalue weighted by Crippen LogP contribution is -2.22. The lowest BCUT2D eigenvalue weighted by Gasteiger charge is -2.07. The zero-order chi connectivity index (χ0) is 14.4. The van der Waals surface area contributed by atoms with Gasteiger partial charge in [0.25, 0.3) is 0 Å². The van der Waals surface area contributed by atoms with Crippen molar-refractivity contribution in [3.8, 4) is 0 Å². The van der Waals surface area contributed by atoms with Gasteiger partial charge in [0, 0.05) is 5.69 Å². The number of hydrogen-bond donors (Lipinski definition) is 2. The molecule has 0 bridgehead atoms. The standard InChI is InChI=1S/C16H18FN3.HI/c1-2-12-5-4-8-15(10-12)20-16(18)19-11-13-6-3-7-14(17)9-13;/h3-10H,2,11H2,1H3,(H3,18,19,20);1H. The number of nitrogens with two attached hydrogens (primary N) is 1. The van der Waals surface area contributed by atoms with Gasteiger partial charge in [0.2, 0.25) is 0 Å². The van der Waals surface area contributed by atoms with E-state index in [1.54, 1.807) is 6.07 Å². The summed E-state index contributed by atoms with van der Waals surface area (Å²) in [6.45, 7) is 2.45. The zero-order valence-electron chi connectivity index (χ0n) is 11.8. The highest BCUT2D eigenvalue weighted by atomic mass is 127. The van der Waals surface area contributed by atoms with E-state index in [2.05, 4.69) is 23.3 Å². The zero-order valence-corrected chi connectivity index (χ0v) is 14.2. The van der Waals surface area contributed by atoms with Gasteiger partial charge in [-0.05, 0) is 41.8 Å². The molecule has 0 fully saturated rings. The van der Waals surface area contributed by atoms with Crippen LogP contribution in [0.2, 0.25) is 0 Å². The summed E-state index contributed by atoms with van der Waals surface area (Å²) in [4.78, 5) is 4.20. The molecule has 0 radical (unpaired) electrons. The molecular weight excluding hydrogens is 380 g/mol. The molecule has 2 aromatic rings. The van der Waals surface area contributed by atoms with Crippen LogP contribution in [0.15, 0.2) is 53.5 Å². The van der Waals surface area contributed by atoms with E-state index in [1.165, 1.54) is 17.7 Å². The van der Waals surface area contributed by atoms with Crippen molar-refractivity contribution in [2.75, 3.05) is 5.32 Å². The Morgan fingerprint density at radius 1 is 1.14 bits per heavy atom. The molecule has 0 atom stereocenters. The number of aliphatic imine (C=N–C) groups is 1. The fourth-order valence-electron chi connectivity index (χ4n) is 1.87. The molecule has 0 aliphatic rings. The van der Waals surface area contributed by atoms with E-state index in [9.17, 15) is 4.39 Å². The van der Waals surface area contributed by atoms with Crippen LogP contribution in [-0.4, -0.2) is 5.96 Å². The first kappa shape index (κ1) is 17.4. The van der Waals surface area contributed by atoms with Crippen LogP contribution < -0.4 is 11.1 Å². The van der Waals surface area contributed by atoms with E-state index in [-0.39, 0.29) is 29.8 Å². The number of halogens is 2. The number of hydrogen-bond acceptors (Lipinski definition) is 1. The maximum atomic E-state index is 13.0. The fraction of sp³-hybridized carbons (Fsp3) is 0.188. The Morgan fingerprint density at radius 3 is 2.57 bits per heavy atom. The molecule has 2 aromatic carbocycles. The number of benzene rings is 2. The summed E-state index contributed by atoms with van der Waals surface area (Å²) >= 11 is 0. The molecule has 0 unspecified atom stereocenters. The molecule has 21 heavy (non-hydrogen) atoms. The van der Waals surface area contributed by atoms with Gasteiger partial charge in [-0.15, -0.1) is 24.0 Å². The molecule has 0 saturated carbocycles. The number of aryl methyl sites for hydroxylation is 1. The minimum atomic E-state index is -0.264. The summed E-state index contributed by atoms with van der Waals surface area (Å²) in [5, 5.41) is 3.04. The highest BCUT2D eigenvalue weighted by Gasteiger charge is 1.98. The number of nitrogens with one attached hydrogen (secondary N) is 1. The van der Waals surface area contributed by atoms with E-state index in [1.807, 2.05) is 24.3 Å². The normalized spacial score (nSPS) is 10.9. The first-order chi connectivity index (χ1) is 9.67. The van der Waals surface area contributed by atoms with Gasteiger partial charge >= 0.3 is 0 Å². The van der Waals surface area contributed by atoms with Crippen molar-refractivity contribution < 1.29 is 4.39 Å². The largest absolute Gasteiger partial charge is 0.370 e. The van der Waals surface area contributed by atoms with E-state index in [0.29, 0.717) is 12.5 Å². The summed E-state index contributed by atoms with van der Waals surface area (Å²) < 4.78 is 13.0. The second-order valence-electron chi connectivity index (χ2n) is 4.51. The van der Waals surface area contributed by atoms with Crippen LogP contribution in [0.5, 0.6) is 0 Å². The summed E-state index contributed by atoms with van der Waals surface area (Å²) in [6.07, 6.45) is 0.968. The van der Waals surface area contributed by atoms with E-state index >= 15 is 0 Å². The van der Waals surface area contributed by atoms with Crippen molar-refractivity contribution in [1.82, 2.24) is 0 Å². The topological polar surface area (TPSA) is 50.4 Å². The molecule has 112 valence electrons. The van der Waals surface area contributed by atoms with E-state index < -0.39 is 0 Å². The maximum Gasteiger partial charge on any atom is 0.193 e. The molecule has 0 spiro atoms. The average molecular weight is 399 g/mol. The minimum absolute atomic E-state index is 0. The summed E-state index contributed by atoms with van der Waals surface area (Å²) in [5.41, 5.74) is 8.75. The molecule has 3 N–H and O–H groups in total. The molecule has 0 amide bonds. The van der Waals surface area contributed by atoms with Gasteiger partial charge in [-0.2, -0.15) is 0 Å². The van der Waals surface area contributed by atoms with Crippen LogP contribution in [0.25, 0.3) is 0 Å². The third-order valence-corrected chi connectivity index (χ3v) is 2.93.